The van der Waals surface area contributed by atoms with Gasteiger partial charge in [-0.25, -0.2) is 0 Å². The standard InChI is InChI=1S/C13H12N4Se/c1-9-5-6-10(7-14-9)8-15-11-3-2-4-12-13(11)17-18-16-12/h2-7,15H,8H2,1H3. The fourth-order valence-electron chi connectivity index (χ4n) is 1.75. The summed E-state index contributed by atoms with van der Waals surface area (Å²) in [6.07, 6.45) is 1.90. The molecule has 1 N–H and O–H groups in total. The van der Waals surface area contributed by atoms with Crippen LogP contribution in [0.5, 0.6) is 0 Å². The molecular weight excluding hydrogens is 291 g/mol. The van der Waals surface area contributed by atoms with Crippen LogP contribution in [0.1, 0.15) is 11.3 Å². The van der Waals surface area contributed by atoms with Crippen LogP contribution in [0.25, 0.3) is 0 Å². The van der Waals surface area contributed by atoms with Crippen molar-refractivity contribution >= 4 is 31.6 Å². The van der Waals surface area contributed by atoms with Gasteiger partial charge in [-0.1, -0.05) is 0 Å². The van der Waals surface area contributed by atoms with Crippen LogP contribution < -0.4 is 5.32 Å². The van der Waals surface area contributed by atoms with Crippen molar-refractivity contribution in [2.75, 3.05) is 5.32 Å². The van der Waals surface area contributed by atoms with E-state index in [1.54, 1.807) is 0 Å². The summed E-state index contributed by atoms with van der Waals surface area (Å²) < 4.78 is 8.81. The Morgan fingerprint density at radius 3 is 2.94 bits per heavy atom. The third-order valence-electron chi connectivity index (χ3n) is 2.74. The first-order chi connectivity index (χ1) is 8.83. The maximum atomic E-state index is 4.44. The number of nitrogens with zero attached hydrogens (tertiary/aromatic N) is 3. The first-order valence-corrected chi connectivity index (χ1v) is 7.23. The molecule has 0 amide bonds. The predicted molar refractivity (Wildman–Crippen MR) is 72.7 cm³/mol. The Labute approximate surface area is 111 Å². The van der Waals surface area contributed by atoms with Crippen LogP contribution in [-0.2, 0) is 6.54 Å². The van der Waals surface area contributed by atoms with Gasteiger partial charge in [0.15, 0.2) is 0 Å². The minimum absolute atomic E-state index is 0.0194. The van der Waals surface area contributed by atoms with Crippen LogP contribution in [0.3, 0.4) is 0 Å². The number of rotatable bonds is 3. The van der Waals surface area contributed by atoms with Gasteiger partial charge in [0.1, 0.15) is 0 Å². The van der Waals surface area contributed by atoms with E-state index in [-0.39, 0.29) is 14.6 Å². The molecule has 4 nitrogen and oxygen atoms in total. The molecule has 5 heteroatoms. The van der Waals surface area contributed by atoms with Crippen molar-refractivity contribution in [3.63, 3.8) is 0 Å². The van der Waals surface area contributed by atoms with Crippen molar-refractivity contribution in [1.29, 1.82) is 0 Å². The van der Waals surface area contributed by atoms with E-state index >= 15 is 0 Å². The number of fused-ring (bicyclic) bond motifs is 1. The van der Waals surface area contributed by atoms with Crippen LogP contribution in [0.2, 0.25) is 0 Å². The molecule has 0 saturated heterocycles. The van der Waals surface area contributed by atoms with Gasteiger partial charge in [0.25, 0.3) is 0 Å². The normalized spacial score (nSPS) is 12.1. The van der Waals surface area contributed by atoms with E-state index in [0.29, 0.717) is 0 Å². The van der Waals surface area contributed by atoms with Crippen molar-refractivity contribution in [2.45, 2.75) is 13.5 Å². The first kappa shape index (κ1) is 11.4. The van der Waals surface area contributed by atoms with Gasteiger partial charge in [0, 0.05) is 0 Å². The van der Waals surface area contributed by atoms with E-state index in [2.05, 4.69) is 24.3 Å². The number of pyridine rings is 1. The average molecular weight is 303 g/mol. The summed E-state index contributed by atoms with van der Waals surface area (Å²) in [5, 5.41) is 3.40. The summed E-state index contributed by atoms with van der Waals surface area (Å²) >= 11 is 0.0194. The second-order valence-corrected chi connectivity index (χ2v) is 5.21. The average Bonchev–Trinajstić information content (AvgIpc) is 2.87. The Kier molecular flexibility index (Phi) is 3.09. The Hall–Kier alpha value is -1.71. The molecule has 2 heterocycles. The number of benzene rings is 1. The summed E-state index contributed by atoms with van der Waals surface area (Å²) in [6.45, 7) is 2.75. The summed E-state index contributed by atoms with van der Waals surface area (Å²) in [5.74, 6) is 0. The van der Waals surface area contributed by atoms with E-state index in [9.17, 15) is 0 Å². The van der Waals surface area contributed by atoms with Crippen LogP contribution in [0.15, 0.2) is 44.5 Å². The van der Waals surface area contributed by atoms with Gasteiger partial charge in [-0.2, -0.15) is 0 Å². The third-order valence-corrected chi connectivity index (χ3v) is 3.88. The number of aryl methyl sites for hydroxylation is 1. The second kappa shape index (κ2) is 4.88. The fourth-order valence-corrected chi connectivity index (χ4v) is 2.90. The van der Waals surface area contributed by atoms with Crippen LogP contribution in [-0.4, -0.2) is 19.6 Å². The van der Waals surface area contributed by atoms with Crippen LogP contribution in [0, 0.1) is 6.92 Å². The Morgan fingerprint density at radius 2 is 2.11 bits per heavy atom. The topological polar surface area (TPSA) is 49.6 Å². The molecule has 18 heavy (non-hydrogen) atoms. The summed E-state index contributed by atoms with van der Waals surface area (Å²) in [6, 6.07) is 10.2. The van der Waals surface area contributed by atoms with Crippen molar-refractivity contribution < 1.29 is 0 Å². The molecule has 0 bridgehead atoms. The molecule has 0 radical (unpaired) electrons. The number of nitrogens with one attached hydrogen (secondary N) is 1. The first-order valence-electron chi connectivity index (χ1n) is 5.69. The SMILES string of the molecule is Cc1ccc(CNc2cccc3c2N=[Se]=N3)cn1. The Morgan fingerprint density at radius 1 is 1.17 bits per heavy atom. The number of anilines is 1. The molecule has 1 aromatic heterocycles. The van der Waals surface area contributed by atoms with Crippen molar-refractivity contribution in [3.8, 4) is 0 Å². The van der Waals surface area contributed by atoms with Crippen molar-refractivity contribution in [2.24, 2.45) is 7.92 Å². The second-order valence-electron chi connectivity index (χ2n) is 4.10. The Balaban J connectivity index is 1.76. The summed E-state index contributed by atoms with van der Waals surface area (Å²) in [4.78, 5) is 4.29. The van der Waals surface area contributed by atoms with Gasteiger partial charge in [-0.05, 0) is 0 Å². The molecule has 0 atom stereocenters. The number of aromatic nitrogens is 1. The van der Waals surface area contributed by atoms with E-state index in [0.717, 1.165) is 29.3 Å². The summed E-state index contributed by atoms with van der Waals surface area (Å²) in [7, 11) is 0. The number of hydrogen-bond donors (Lipinski definition) is 1. The van der Waals surface area contributed by atoms with E-state index in [1.165, 1.54) is 5.56 Å². The quantitative estimate of drug-likeness (QED) is 0.754. The van der Waals surface area contributed by atoms with Gasteiger partial charge in [0.2, 0.25) is 0 Å². The van der Waals surface area contributed by atoms with Gasteiger partial charge >= 0.3 is 111 Å². The third kappa shape index (κ3) is 2.28. The zero-order chi connectivity index (χ0) is 12.4. The molecule has 1 aliphatic heterocycles. The molecule has 0 spiro atoms. The van der Waals surface area contributed by atoms with Gasteiger partial charge in [-0.15, -0.1) is 0 Å². The minimum atomic E-state index is 0.0194. The molecule has 1 aliphatic rings. The molecule has 1 aromatic carbocycles. The van der Waals surface area contributed by atoms with Crippen LogP contribution in [0.4, 0.5) is 17.1 Å². The molecule has 3 rings (SSSR count). The van der Waals surface area contributed by atoms with E-state index in [1.807, 2.05) is 37.4 Å². The number of hydrogen-bond acceptors (Lipinski definition) is 4. The zero-order valence-electron chi connectivity index (χ0n) is 9.92. The van der Waals surface area contributed by atoms with Crippen LogP contribution >= 0.6 is 0 Å². The molecule has 0 unspecified atom stereocenters. The predicted octanol–water partition coefficient (Wildman–Crippen LogP) is 3.35. The van der Waals surface area contributed by atoms with E-state index < -0.39 is 0 Å². The van der Waals surface area contributed by atoms with Crippen molar-refractivity contribution in [3.05, 3.63) is 47.8 Å². The fraction of sp³-hybridized carbons (Fsp3) is 0.154. The zero-order valence-corrected chi connectivity index (χ0v) is 11.6. The monoisotopic (exact) mass is 304 g/mol. The molecule has 0 saturated carbocycles. The molecule has 90 valence electrons. The summed E-state index contributed by atoms with van der Waals surface area (Å²) in [5.41, 5.74) is 5.25. The van der Waals surface area contributed by atoms with Gasteiger partial charge in [-0.3, -0.25) is 0 Å². The van der Waals surface area contributed by atoms with Gasteiger partial charge < -0.3 is 0 Å². The van der Waals surface area contributed by atoms with E-state index in [4.69, 9.17) is 0 Å². The Bertz CT molecular complexity index is 643. The maximum absolute atomic E-state index is 4.44. The van der Waals surface area contributed by atoms with Gasteiger partial charge in [0.05, 0.1) is 0 Å². The molecular formula is C13H12N4Se. The molecule has 2 aromatic rings. The molecule has 0 fully saturated rings. The molecule has 0 aliphatic carbocycles. The van der Waals surface area contributed by atoms with Crippen molar-refractivity contribution in [1.82, 2.24) is 4.98 Å².